The van der Waals surface area contributed by atoms with E-state index in [9.17, 15) is 0 Å². The van der Waals surface area contributed by atoms with Crippen LogP contribution in [0.15, 0.2) is 0 Å². The van der Waals surface area contributed by atoms with Crippen LogP contribution in [0.5, 0.6) is 0 Å². The molecular weight excluding hydrogens is 221 g/mol. The van der Waals surface area contributed by atoms with E-state index in [0.29, 0.717) is 0 Å². The second kappa shape index (κ2) is 201. The van der Waals surface area contributed by atoms with Crippen LogP contribution in [0.25, 0.3) is 24.6 Å². The third-order valence-corrected chi connectivity index (χ3v) is 0. The molecule has 0 bridgehead atoms. The van der Waals surface area contributed by atoms with Crippen molar-refractivity contribution in [3.05, 3.63) is 24.6 Å². The number of hydrogen-bond acceptors (Lipinski definition) is 2. The van der Waals surface area contributed by atoms with Gasteiger partial charge >= 0.3 is 19.5 Å². The summed E-state index contributed by atoms with van der Waals surface area (Å²) in [7, 11) is 0. The third-order valence-electron chi connectivity index (χ3n) is 0. The number of rotatable bonds is 0. The zero-order chi connectivity index (χ0) is 0. The predicted octanol–water partition coefficient (Wildman–Crippen LogP) is 2.33. The second-order valence-corrected chi connectivity index (χ2v) is 0. The van der Waals surface area contributed by atoms with Crippen LogP contribution in [0.3, 0.4) is 0 Å². The van der Waals surface area contributed by atoms with Gasteiger partial charge in [-0.3, -0.25) is 0 Å². The maximum atomic E-state index is 0. The fourth-order valence-corrected chi connectivity index (χ4v) is 0. The third kappa shape index (κ3) is 141. The molecule has 0 aromatic carbocycles. The standard InChI is InChI=1S/4H2N.Ru.2H2S/h4*1H2;;2*1H2/q4*-1;+6;;/p-2. The topological polar surface area (TPSA) is 134 Å². The summed E-state index contributed by atoms with van der Waals surface area (Å²) in [4.78, 5) is 0. The van der Waals surface area contributed by atoms with E-state index in [-0.39, 0.29) is 71.1 Å². The van der Waals surface area contributed by atoms with E-state index in [1.165, 1.54) is 0 Å². The molecule has 4 nitrogen and oxygen atoms in total. The van der Waals surface area contributed by atoms with Gasteiger partial charge in [0, 0.05) is 0 Å². The maximum absolute atomic E-state index is 0. The number of hydrogen-bond donors (Lipinski definition) is 0. The van der Waals surface area contributed by atoms with E-state index >= 15 is 0 Å². The van der Waals surface area contributed by atoms with E-state index < -0.39 is 0 Å². The summed E-state index contributed by atoms with van der Waals surface area (Å²) in [6.07, 6.45) is 0. The molecule has 0 spiro atoms. The van der Waals surface area contributed by atoms with Crippen LogP contribution in [-0.4, -0.2) is 0 Å². The first-order valence-corrected chi connectivity index (χ1v) is 0. The molecule has 8 N–H and O–H groups in total. The van der Waals surface area contributed by atoms with Crippen LogP contribution >= 0.6 is 0 Å². The SMILES string of the molecule is [NH2-].[NH2-].[NH2-].[NH2-].[Ru+6].[SH-].[SH-]. The van der Waals surface area contributed by atoms with Gasteiger partial charge in [0.1, 0.15) is 0 Å². The van der Waals surface area contributed by atoms with Crippen LogP contribution in [0.2, 0.25) is 0 Å². The monoisotopic (exact) mass is 232 g/mol. The van der Waals surface area contributed by atoms with E-state index in [0.717, 1.165) is 0 Å². The Kier molecular flexibility index (Phi) is 8890. The van der Waals surface area contributed by atoms with E-state index in [1.807, 2.05) is 0 Å². The fourth-order valence-electron chi connectivity index (χ4n) is 0. The first-order chi connectivity index (χ1) is 0. The van der Waals surface area contributed by atoms with Crippen molar-refractivity contribution in [3.8, 4) is 0 Å². The molecule has 0 saturated heterocycles. The molecule has 0 atom stereocenters. The van der Waals surface area contributed by atoms with Gasteiger partial charge in [0.25, 0.3) is 0 Å². The van der Waals surface area contributed by atoms with Crippen molar-refractivity contribution >= 4 is 27.0 Å². The number of nitrogens with two attached hydrogens (primary N) is 4. The summed E-state index contributed by atoms with van der Waals surface area (Å²) in [5.74, 6) is 0. The van der Waals surface area contributed by atoms with Gasteiger partial charge in [-0.25, -0.2) is 0 Å². The minimum absolute atomic E-state index is 0. The first-order valence-electron chi connectivity index (χ1n) is 0. The Morgan fingerprint density at radius 3 is 0.429 bits per heavy atom. The molecular formula is H10N4RuS2. The van der Waals surface area contributed by atoms with Crippen LogP contribution in [0.4, 0.5) is 0 Å². The molecule has 7 heavy (non-hydrogen) atoms. The van der Waals surface area contributed by atoms with Crippen LogP contribution in [-0.2, 0) is 46.5 Å². The summed E-state index contributed by atoms with van der Waals surface area (Å²) < 4.78 is 0. The molecule has 0 aliphatic heterocycles. The summed E-state index contributed by atoms with van der Waals surface area (Å²) >= 11 is 0. The molecule has 0 aromatic heterocycles. The second-order valence-electron chi connectivity index (χ2n) is 0. The summed E-state index contributed by atoms with van der Waals surface area (Å²) in [5, 5.41) is 0. The van der Waals surface area contributed by atoms with Gasteiger partial charge in [0.15, 0.2) is 0 Å². The van der Waals surface area contributed by atoms with Crippen LogP contribution < -0.4 is 0 Å². The summed E-state index contributed by atoms with van der Waals surface area (Å²) in [6.45, 7) is 0. The minimum atomic E-state index is 0. The van der Waals surface area contributed by atoms with Crippen LogP contribution in [0, 0.1) is 0 Å². The average Bonchev–Trinajstić information content (AvgIpc) is 0. The molecule has 7 heteroatoms. The van der Waals surface area contributed by atoms with Crippen molar-refractivity contribution in [1.82, 2.24) is 0 Å². The van der Waals surface area contributed by atoms with Gasteiger partial charge in [-0.1, -0.05) is 0 Å². The van der Waals surface area contributed by atoms with Crippen molar-refractivity contribution in [1.29, 1.82) is 0 Å². The van der Waals surface area contributed by atoms with Gasteiger partial charge in [0.2, 0.25) is 0 Å². The van der Waals surface area contributed by atoms with Crippen molar-refractivity contribution in [2.24, 2.45) is 0 Å². The van der Waals surface area contributed by atoms with Gasteiger partial charge < -0.3 is 51.6 Å². The smallest absolute Gasteiger partial charge is 0.813 e. The molecule has 0 radical (unpaired) electrons. The van der Waals surface area contributed by atoms with Gasteiger partial charge in [-0.05, 0) is 0 Å². The molecule has 0 aliphatic carbocycles. The Bertz CT molecular complexity index is 9.65. The number of thiol groups is 2. The summed E-state index contributed by atoms with van der Waals surface area (Å²) in [5.41, 5.74) is 0. The Morgan fingerprint density at radius 2 is 0.429 bits per heavy atom. The fraction of sp³-hybridized carbons (Fsp3) is 0. The minimum Gasteiger partial charge on any atom is -0.813 e. The molecule has 0 aromatic rings. The molecule has 0 fully saturated rings. The zero-order valence-corrected chi connectivity index (χ0v) is 7.08. The van der Waals surface area contributed by atoms with E-state index in [4.69, 9.17) is 0 Å². The quantitative estimate of drug-likeness (QED) is 0.359. The molecule has 0 heterocycles. The largest absolute Gasteiger partial charge is 6.00 e. The molecule has 0 aliphatic rings. The van der Waals surface area contributed by atoms with E-state index in [1.54, 1.807) is 0 Å². The predicted molar refractivity (Wildman–Crippen MR) is 38.7 cm³/mol. The van der Waals surface area contributed by atoms with Crippen molar-refractivity contribution < 1.29 is 19.5 Å². The zero-order valence-electron chi connectivity index (χ0n) is 3.56. The summed E-state index contributed by atoms with van der Waals surface area (Å²) in [6, 6.07) is 0. The van der Waals surface area contributed by atoms with Crippen molar-refractivity contribution in [2.45, 2.75) is 0 Å². The Morgan fingerprint density at radius 1 is 0.429 bits per heavy atom. The van der Waals surface area contributed by atoms with E-state index in [2.05, 4.69) is 0 Å². The van der Waals surface area contributed by atoms with Crippen LogP contribution in [0.1, 0.15) is 0 Å². The molecule has 0 unspecified atom stereocenters. The van der Waals surface area contributed by atoms with Crippen molar-refractivity contribution in [2.75, 3.05) is 0 Å². The average molecular weight is 231 g/mol. The molecule has 0 amide bonds. The Labute approximate surface area is 71.2 Å². The van der Waals surface area contributed by atoms with Crippen molar-refractivity contribution in [3.63, 3.8) is 0 Å². The normalized spacial score (nSPS) is 0. The molecule has 0 rings (SSSR count). The van der Waals surface area contributed by atoms with Gasteiger partial charge in [-0.15, -0.1) is 0 Å². The maximum Gasteiger partial charge on any atom is 6.00 e. The Balaban J connectivity index is 0. The first kappa shape index (κ1) is 310. The Hall–Kier alpha value is 1.16. The molecule has 50 valence electrons. The van der Waals surface area contributed by atoms with Gasteiger partial charge in [0.05, 0.1) is 0 Å². The van der Waals surface area contributed by atoms with Gasteiger partial charge in [-0.2, -0.15) is 0 Å². The molecule has 0 saturated carbocycles.